The number of carbonyl (C=O) groups excluding carboxylic acids is 1. The highest BCUT2D eigenvalue weighted by atomic mass is 32.2. The predicted octanol–water partition coefficient (Wildman–Crippen LogP) is 4.37. The number of nitrogens with zero attached hydrogens (tertiary/aromatic N) is 3. The molecule has 26 heavy (non-hydrogen) atoms. The number of carbonyl (C=O) groups is 1. The number of amides is 1. The number of nitrogens with one attached hydrogen (secondary N) is 1. The topological polar surface area (TPSA) is 67.8 Å². The third-order valence-electron chi connectivity index (χ3n) is 3.30. The van der Waals surface area contributed by atoms with Crippen LogP contribution in [0.25, 0.3) is 0 Å². The largest absolute Gasteiger partial charge is 0.325 e. The highest BCUT2D eigenvalue weighted by molar-refractivity contribution is 7.99. The molecule has 3 aromatic rings. The van der Waals surface area contributed by atoms with Crippen LogP contribution in [-0.2, 0) is 4.79 Å². The summed E-state index contributed by atoms with van der Waals surface area (Å²) in [5, 5.41) is 3.52. The van der Waals surface area contributed by atoms with Crippen LogP contribution < -0.4 is 5.32 Å². The molecule has 0 aliphatic carbocycles. The van der Waals surface area contributed by atoms with Crippen LogP contribution in [0.3, 0.4) is 0 Å². The van der Waals surface area contributed by atoms with Gasteiger partial charge in [-0.25, -0.2) is 9.97 Å². The van der Waals surface area contributed by atoms with E-state index in [1.165, 1.54) is 11.8 Å². The van der Waals surface area contributed by atoms with E-state index in [2.05, 4.69) is 20.3 Å². The molecule has 0 aliphatic rings. The van der Waals surface area contributed by atoms with Crippen molar-refractivity contribution >= 4 is 35.1 Å². The Morgan fingerprint density at radius 1 is 1.04 bits per heavy atom. The summed E-state index contributed by atoms with van der Waals surface area (Å²) >= 11 is 2.97. The molecule has 0 unspecified atom stereocenters. The maximum absolute atomic E-state index is 12.1. The average molecular weight is 383 g/mol. The van der Waals surface area contributed by atoms with Gasteiger partial charge in [0.15, 0.2) is 5.16 Å². The molecule has 2 aromatic heterocycles. The van der Waals surface area contributed by atoms with E-state index >= 15 is 0 Å². The van der Waals surface area contributed by atoms with Crippen LogP contribution in [0.5, 0.6) is 0 Å². The van der Waals surface area contributed by atoms with Crippen molar-refractivity contribution in [3.8, 4) is 0 Å². The molecule has 0 bridgehead atoms. The van der Waals surface area contributed by atoms with Crippen LogP contribution in [0.2, 0.25) is 0 Å². The van der Waals surface area contributed by atoms with Crippen molar-refractivity contribution in [2.75, 3.05) is 11.1 Å². The third kappa shape index (κ3) is 5.57. The van der Waals surface area contributed by atoms with Gasteiger partial charge in [-0.05, 0) is 56.3 Å². The number of rotatable bonds is 6. The molecule has 3 rings (SSSR count). The molecule has 0 spiro atoms. The third-order valence-corrected chi connectivity index (χ3v) is 5.13. The normalized spacial score (nSPS) is 10.5. The fourth-order valence-corrected chi connectivity index (χ4v) is 3.79. The first kappa shape index (κ1) is 18.4. The van der Waals surface area contributed by atoms with E-state index in [4.69, 9.17) is 0 Å². The number of hydrogen-bond acceptors (Lipinski definition) is 6. The smallest absolute Gasteiger partial charge is 0.234 e. The van der Waals surface area contributed by atoms with Gasteiger partial charge in [-0.2, -0.15) is 0 Å². The van der Waals surface area contributed by atoms with Crippen molar-refractivity contribution in [2.45, 2.75) is 28.8 Å². The van der Waals surface area contributed by atoms with E-state index in [9.17, 15) is 4.79 Å². The van der Waals surface area contributed by atoms with Crippen molar-refractivity contribution in [1.82, 2.24) is 15.0 Å². The van der Waals surface area contributed by atoms with E-state index < -0.39 is 0 Å². The molecule has 2 heterocycles. The van der Waals surface area contributed by atoms with Gasteiger partial charge in [-0.15, -0.1) is 0 Å². The van der Waals surface area contributed by atoms with Crippen molar-refractivity contribution in [3.63, 3.8) is 0 Å². The van der Waals surface area contributed by atoms with E-state index in [0.29, 0.717) is 5.16 Å². The summed E-state index contributed by atoms with van der Waals surface area (Å²) < 4.78 is 0. The molecule has 0 aliphatic heterocycles. The van der Waals surface area contributed by atoms with Gasteiger partial charge in [0, 0.05) is 39.3 Å². The molecule has 1 amide bonds. The summed E-state index contributed by atoms with van der Waals surface area (Å²) in [5.74, 6) is 0.195. The second-order valence-corrected chi connectivity index (χ2v) is 7.67. The van der Waals surface area contributed by atoms with Gasteiger partial charge in [-0.3, -0.25) is 9.78 Å². The number of aryl methyl sites for hydroxylation is 2. The van der Waals surface area contributed by atoms with E-state index in [1.54, 1.807) is 18.0 Å². The highest BCUT2D eigenvalue weighted by Crippen LogP contribution is 2.27. The van der Waals surface area contributed by atoms with Crippen LogP contribution in [0, 0.1) is 13.8 Å². The number of aromatic nitrogens is 3. The fourth-order valence-electron chi connectivity index (χ4n) is 2.24. The Balaban J connectivity index is 1.52. The molecule has 1 aromatic carbocycles. The molecule has 5 nitrogen and oxygen atoms in total. The van der Waals surface area contributed by atoms with Crippen molar-refractivity contribution < 1.29 is 4.79 Å². The summed E-state index contributed by atoms with van der Waals surface area (Å²) in [5.41, 5.74) is 2.58. The first-order chi connectivity index (χ1) is 12.6. The minimum absolute atomic E-state index is 0.0783. The van der Waals surface area contributed by atoms with Gasteiger partial charge in [0.1, 0.15) is 0 Å². The summed E-state index contributed by atoms with van der Waals surface area (Å²) in [7, 11) is 0. The highest BCUT2D eigenvalue weighted by Gasteiger charge is 2.07. The molecule has 0 saturated heterocycles. The van der Waals surface area contributed by atoms with Crippen molar-refractivity contribution in [2.24, 2.45) is 0 Å². The zero-order valence-corrected chi connectivity index (χ0v) is 16.1. The molecule has 132 valence electrons. The fraction of sp³-hybridized carbons (Fsp3) is 0.158. The molecule has 0 fully saturated rings. The summed E-state index contributed by atoms with van der Waals surface area (Å²) in [6.07, 6.45) is 3.58. The van der Waals surface area contributed by atoms with Gasteiger partial charge in [-0.1, -0.05) is 23.5 Å². The second kappa shape index (κ2) is 8.82. The molecule has 1 N–H and O–H groups in total. The minimum Gasteiger partial charge on any atom is -0.325 e. The van der Waals surface area contributed by atoms with Crippen LogP contribution in [0.4, 0.5) is 5.69 Å². The Labute approximate surface area is 161 Å². The maximum atomic E-state index is 12.1. The SMILES string of the molecule is Cc1cc(C)nc(SCC(=O)Nc2ccc(Sc3cccnc3)cc2)n1. The summed E-state index contributed by atoms with van der Waals surface area (Å²) in [4.78, 5) is 27.1. The van der Waals surface area contributed by atoms with Crippen molar-refractivity contribution in [1.29, 1.82) is 0 Å². The summed E-state index contributed by atoms with van der Waals surface area (Å²) in [6, 6.07) is 13.6. The number of thioether (sulfide) groups is 1. The molecular weight excluding hydrogens is 364 g/mol. The monoisotopic (exact) mass is 382 g/mol. The number of pyridine rings is 1. The van der Waals surface area contributed by atoms with Gasteiger partial charge >= 0.3 is 0 Å². The lowest BCUT2D eigenvalue weighted by Crippen LogP contribution is -2.14. The van der Waals surface area contributed by atoms with E-state index in [0.717, 1.165) is 26.9 Å². The zero-order chi connectivity index (χ0) is 18.4. The number of anilines is 1. The Morgan fingerprint density at radius 2 is 1.77 bits per heavy atom. The van der Waals surface area contributed by atoms with Gasteiger partial charge in [0.2, 0.25) is 5.91 Å². The van der Waals surface area contributed by atoms with Crippen LogP contribution in [0.15, 0.2) is 69.8 Å². The standard InChI is InChI=1S/C19H18N4OS2/c1-13-10-14(2)22-19(21-13)25-12-18(24)23-15-5-7-16(8-6-15)26-17-4-3-9-20-11-17/h3-11H,12H2,1-2H3,(H,23,24). The van der Waals surface area contributed by atoms with Crippen molar-refractivity contribution in [3.05, 3.63) is 66.2 Å². The Morgan fingerprint density at radius 3 is 2.42 bits per heavy atom. The van der Waals surface area contributed by atoms with E-state index in [1.807, 2.05) is 62.5 Å². The molecular formula is C19H18N4OS2. The molecule has 0 radical (unpaired) electrons. The molecule has 0 atom stereocenters. The number of benzene rings is 1. The summed E-state index contributed by atoms with van der Waals surface area (Å²) in [6.45, 7) is 3.84. The minimum atomic E-state index is -0.0783. The quantitative estimate of drug-likeness (QED) is 0.504. The maximum Gasteiger partial charge on any atom is 0.234 e. The average Bonchev–Trinajstić information content (AvgIpc) is 2.62. The van der Waals surface area contributed by atoms with Crippen LogP contribution in [-0.4, -0.2) is 26.6 Å². The van der Waals surface area contributed by atoms with Gasteiger partial charge < -0.3 is 5.32 Å². The van der Waals surface area contributed by atoms with Crippen LogP contribution in [0.1, 0.15) is 11.4 Å². The zero-order valence-electron chi connectivity index (χ0n) is 14.5. The lowest BCUT2D eigenvalue weighted by atomic mass is 10.3. The lowest BCUT2D eigenvalue weighted by molar-refractivity contribution is -0.113. The molecule has 7 heteroatoms. The Kier molecular flexibility index (Phi) is 6.25. The second-order valence-electron chi connectivity index (χ2n) is 5.59. The Hall–Kier alpha value is -2.38. The lowest BCUT2D eigenvalue weighted by Gasteiger charge is -2.07. The van der Waals surface area contributed by atoms with Gasteiger partial charge in [0.05, 0.1) is 5.75 Å². The first-order valence-electron chi connectivity index (χ1n) is 8.01. The van der Waals surface area contributed by atoms with E-state index in [-0.39, 0.29) is 11.7 Å². The first-order valence-corrected chi connectivity index (χ1v) is 9.81. The molecule has 0 saturated carbocycles. The number of hydrogen-bond donors (Lipinski definition) is 1. The Bertz CT molecular complexity index is 866. The predicted molar refractivity (Wildman–Crippen MR) is 106 cm³/mol. The van der Waals surface area contributed by atoms with Gasteiger partial charge in [0.25, 0.3) is 0 Å². The van der Waals surface area contributed by atoms with Crippen LogP contribution >= 0.6 is 23.5 Å².